The van der Waals surface area contributed by atoms with Gasteiger partial charge in [0.2, 0.25) is 5.91 Å². The molecule has 1 amide bonds. The number of aliphatic hydroxyl groups excluding tert-OH is 1. The van der Waals surface area contributed by atoms with Gasteiger partial charge in [0.05, 0.1) is 12.5 Å². The Morgan fingerprint density at radius 1 is 1.28 bits per heavy atom. The van der Waals surface area contributed by atoms with Crippen LogP contribution in [-0.2, 0) is 14.3 Å². The molecular weight excluding hydrogens is 238 g/mol. The molecule has 0 bridgehead atoms. The highest BCUT2D eigenvalue weighted by atomic mass is 16.5. The molecule has 0 aromatic heterocycles. The van der Waals surface area contributed by atoms with Crippen LogP contribution in [0.2, 0.25) is 0 Å². The molecule has 1 spiro atoms. The van der Waals surface area contributed by atoms with Crippen LogP contribution in [0.3, 0.4) is 0 Å². The van der Waals surface area contributed by atoms with E-state index in [4.69, 9.17) is 9.84 Å². The predicted molar refractivity (Wildman–Crippen MR) is 61.9 cm³/mol. The summed E-state index contributed by atoms with van der Waals surface area (Å²) in [6.07, 6.45) is 1.51. The van der Waals surface area contributed by atoms with Gasteiger partial charge in [-0.3, -0.25) is 9.59 Å². The van der Waals surface area contributed by atoms with E-state index in [0.29, 0.717) is 19.6 Å². The molecule has 18 heavy (non-hydrogen) atoms. The monoisotopic (exact) mass is 257 g/mol. The fraction of sp³-hybridized carbons (Fsp3) is 0.833. The maximum atomic E-state index is 11.6. The maximum Gasteiger partial charge on any atom is 0.303 e. The van der Waals surface area contributed by atoms with Gasteiger partial charge in [-0.05, 0) is 19.3 Å². The first-order valence-electron chi connectivity index (χ1n) is 6.31. The summed E-state index contributed by atoms with van der Waals surface area (Å²) in [4.78, 5) is 22.0. The molecule has 1 saturated heterocycles. The van der Waals surface area contributed by atoms with Crippen molar-refractivity contribution in [2.24, 2.45) is 5.41 Å². The van der Waals surface area contributed by atoms with Crippen LogP contribution in [0.5, 0.6) is 0 Å². The normalized spacial score (nSPS) is 29.6. The highest BCUT2D eigenvalue weighted by Crippen LogP contribution is 2.48. The van der Waals surface area contributed by atoms with Gasteiger partial charge in [0, 0.05) is 31.1 Å². The quantitative estimate of drug-likeness (QED) is 0.653. The lowest BCUT2D eigenvalue weighted by atomic mass is 9.58. The Hall–Kier alpha value is -1.14. The van der Waals surface area contributed by atoms with Crippen molar-refractivity contribution in [2.75, 3.05) is 13.2 Å². The SMILES string of the molecule is O=C(O)CCC(=O)NC1CC(O)C12CCOCC2. The molecule has 2 fully saturated rings. The molecule has 6 heteroatoms. The van der Waals surface area contributed by atoms with Crippen molar-refractivity contribution in [3.8, 4) is 0 Å². The second-order valence-electron chi connectivity index (χ2n) is 5.11. The summed E-state index contributed by atoms with van der Waals surface area (Å²) in [5.74, 6) is -1.22. The van der Waals surface area contributed by atoms with E-state index < -0.39 is 5.97 Å². The Morgan fingerprint density at radius 2 is 1.94 bits per heavy atom. The molecule has 0 aromatic rings. The van der Waals surface area contributed by atoms with Gasteiger partial charge in [-0.15, -0.1) is 0 Å². The summed E-state index contributed by atoms with van der Waals surface area (Å²) in [6, 6.07) is -0.0438. The summed E-state index contributed by atoms with van der Waals surface area (Å²) < 4.78 is 5.28. The number of carbonyl (C=O) groups excluding carboxylic acids is 1. The molecule has 2 atom stereocenters. The maximum absolute atomic E-state index is 11.6. The van der Waals surface area contributed by atoms with Crippen LogP contribution in [0.1, 0.15) is 32.1 Å². The minimum Gasteiger partial charge on any atom is -0.481 e. The Balaban J connectivity index is 1.86. The fourth-order valence-corrected chi connectivity index (χ4v) is 2.89. The van der Waals surface area contributed by atoms with Gasteiger partial charge in [0.15, 0.2) is 0 Å². The lowest BCUT2D eigenvalue weighted by Crippen LogP contribution is -2.65. The van der Waals surface area contributed by atoms with Gasteiger partial charge < -0.3 is 20.3 Å². The third kappa shape index (κ3) is 2.49. The number of amides is 1. The van der Waals surface area contributed by atoms with Crippen LogP contribution in [0.4, 0.5) is 0 Å². The molecule has 6 nitrogen and oxygen atoms in total. The van der Waals surface area contributed by atoms with E-state index >= 15 is 0 Å². The number of aliphatic carboxylic acids is 1. The van der Waals surface area contributed by atoms with E-state index in [2.05, 4.69) is 5.32 Å². The van der Waals surface area contributed by atoms with Crippen LogP contribution in [0, 0.1) is 5.41 Å². The van der Waals surface area contributed by atoms with Crippen LogP contribution < -0.4 is 5.32 Å². The molecule has 3 N–H and O–H groups in total. The van der Waals surface area contributed by atoms with Crippen molar-refractivity contribution in [1.82, 2.24) is 5.32 Å². The second-order valence-corrected chi connectivity index (χ2v) is 5.11. The third-order valence-corrected chi connectivity index (χ3v) is 4.14. The van der Waals surface area contributed by atoms with E-state index in [0.717, 1.165) is 12.8 Å². The molecule has 1 heterocycles. The first-order chi connectivity index (χ1) is 8.54. The third-order valence-electron chi connectivity index (χ3n) is 4.14. The van der Waals surface area contributed by atoms with Gasteiger partial charge in [-0.25, -0.2) is 0 Å². The van der Waals surface area contributed by atoms with Crippen molar-refractivity contribution < 1.29 is 24.5 Å². The summed E-state index contributed by atoms with van der Waals surface area (Å²) in [7, 11) is 0. The number of rotatable bonds is 4. The Bertz CT molecular complexity index is 337. The van der Waals surface area contributed by atoms with Crippen LogP contribution in [0.15, 0.2) is 0 Å². The first kappa shape index (κ1) is 13.3. The number of hydrogen-bond donors (Lipinski definition) is 3. The fourth-order valence-electron chi connectivity index (χ4n) is 2.89. The number of carboxylic acids is 1. The number of aliphatic hydroxyl groups is 1. The number of carboxylic acid groups (broad SMARTS) is 1. The molecule has 2 aliphatic rings. The summed E-state index contributed by atoms with van der Waals surface area (Å²) in [5, 5.41) is 21.3. The lowest BCUT2D eigenvalue weighted by molar-refractivity contribution is -0.156. The summed E-state index contributed by atoms with van der Waals surface area (Å²) in [6.45, 7) is 1.22. The standard InChI is InChI=1S/C12H19NO5/c14-9-7-8(12(9)3-5-18-6-4-12)13-10(15)1-2-11(16)17/h8-9,14H,1-7H2,(H,13,15)(H,16,17). The van der Waals surface area contributed by atoms with Crippen molar-refractivity contribution >= 4 is 11.9 Å². The highest BCUT2D eigenvalue weighted by Gasteiger charge is 2.55. The van der Waals surface area contributed by atoms with E-state index in [1.54, 1.807) is 0 Å². The molecular formula is C12H19NO5. The lowest BCUT2D eigenvalue weighted by Gasteiger charge is -2.55. The number of nitrogens with one attached hydrogen (secondary N) is 1. The topological polar surface area (TPSA) is 95.9 Å². The second kappa shape index (κ2) is 5.24. The zero-order valence-corrected chi connectivity index (χ0v) is 10.2. The first-order valence-corrected chi connectivity index (χ1v) is 6.31. The Kier molecular flexibility index (Phi) is 3.87. The average Bonchev–Trinajstić information content (AvgIpc) is 2.37. The van der Waals surface area contributed by atoms with Gasteiger partial charge in [-0.1, -0.05) is 0 Å². The van der Waals surface area contributed by atoms with Crippen molar-refractivity contribution in [2.45, 2.75) is 44.2 Å². The Labute approximate surface area is 105 Å². The van der Waals surface area contributed by atoms with Gasteiger partial charge >= 0.3 is 5.97 Å². The van der Waals surface area contributed by atoms with Gasteiger partial charge in [-0.2, -0.15) is 0 Å². The zero-order chi connectivity index (χ0) is 13.2. The van der Waals surface area contributed by atoms with E-state index in [1.807, 2.05) is 0 Å². The highest BCUT2D eigenvalue weighted by molar-refractivity contribution is 5.81. The molecule has 0 radical (unpaired) electrons. The smallest absolute Gasteiger partial charge is 0.303 e. The number of hydrogen-bond acceptors (Lipinski definition) is 4. The van der Waals surface area contributed by atoms with Gasteiger partial charge in [0.25, 0.3) is 0 Å². The zero-order valence-electron chi connectivity index (χ0n) is 10.2. The van der Waals surface area contributed by atoms with Crippen LogP contribution in [-0.4, -0.2) is 47.4 Å². The van der Waals surface area contributed by atoms with Crippen molar-refractivity contribution in [3.05, 3.63) is 0 Å². The van der Waals surface area contributed by atoms with E-state index in [1.165, 1.54) is 0 Å². The molecule has 1 aliphatic carbocycles. The van der Waals surface area contributed by atoms with Crippen molar-refractivity contribution in [1.29, 1.82) is 0 Å². The number of ether oxygens (including phenoxy) is 1. The van der Waals surface area contributed by atoms with E-state index in [-0.39, 0.29) is 36.3 Å². The predicted octanol–water partition coefficient (Wildman–Crippen LogP) is -0.103. The van der Waals surface area contributed by atoms with Crippen LogP contribution >= 0.6 is 0 Å². The molecule has 2 unspecified atom stereocenters. The largest absolute Gasteiger partial charge is 0.481 e. The summed E-state index contributed by atoms with van der Waals surface area (Å²) >= 11 is 0. The summed E-state index contributed by atoms with van der Waals surface area (Å²) in [5.41, 5.74) is -0.253. The van der Waals surface area contributed by atoms with Gasteiger partial charge in [0.1, 0.15) is 0 Å². The van der Waals surface area contributed by atoms with Crippen molar-refractivity contribution in [3.63, 3.8) is 0 Å². The molecule has 2 rings (SSSR count). The molecule has 0 aromatic carbocycles. The number of carbonyl (C=O) groups is 2. The minimum atomic E-state index is -0.973. The molecule has 1 aliphatic heterocycles. The van der Waals surface area contributed by atoms with E-state index in [9.17, 15) is 14.7 Å². The minimum absolute atomic E-state index is 0.00545. The average molecular weight is 257 g/mol. The van der Waals surface area contributed by atoms with Crippen LogP contribution in [0.25, 0.3) is 0 Å². The Morgan fingerprint density at radius 3 is 2.50 bits per heavy atom. The molecule has 102 valence electrons. The molecule has 1 saturated carbocycles.